The molecule has 0 saturated carbocycles. The lowest BCUT2D eigenvalue weighted by Crippen LogP contribution is -2.49. The first-order valence-electron chi connectivity index (χ1n) is 15.3. The summed E-state index contributed by atoms with van der Waals surface area (Å²) in [5.41, 5.74) is 0.956. The normalized spacial score (nSPS) is 16.1. The van der Waals surface area contributed by atoms with Gasteiger partial charge >= 0.3 is 6.18 Å². The van der Waals surface area contributed by atoms with Gasteiger partial charge in [0.15, 0.2) is 16.6 Å². The number of carbonyl (C=O) groups excluding carboxylic acids is 2. The first kappa shape index (κ1) is 31.7. The van der Waals surface area contributed by atoms with Crippen molar-refractivity contribution in [2.75, 3.05) is 49.1 Å². The average Bonchev–Trinajstić information content (AvgIpc) is 3.54. The van der Waals surface area contributed by atoms with Crippen molar-refractivity contribution in [2.24, 2.45) is 0 Å². The molecule has 240 valence electrons. The monoisotopic (exact) mass is 651 g/mol. The minimum atomic E-state index is -4.75. The van der Waals surface area contributed by atoms with Gasteiger partial charge in [-0.15, -0.1) is 0 Å². The third-order valence-electron chi connectivity index (χ3n) is 8.60. The Labute approximate surface area is 268 Å². The largest absolute Gasteiger partial charge is 0.435 e. The standard InChI is InChI=1S/C34H33F4N5O2S/c35-27-9-5-4-8-26(27)21-30(45)42-18-16-41(17-19-42)29-11-10-23(22-39-29)20-28(44)31-32(34(36,37)38)40-33(46-31)43-14-12-25(13-15-43)24-6-2-1-3-7-24/h1-11,22,25H,12-21H2. The SMILES string of the molecule is O=C(Cc1ccc(N2CCN(C(=O)Cc3ccccc3F)CC2)nc1)c1sc(N2CCC(c3ccccc3)CC2)nc1C(F)(F)F. The molecule has 0 aliphatic carbocycles. The molecule has 2 aromatic heterocycles. The van der Waals surface area contributed by atoms with E-state index in [0.717, 1.165) is 24.2 Å². The van der Waals surface area contributed by atoms with Crippen molar-refractivity contribution in [1.29, 1.82) is 0 Å². The van der Waals surface area contributed by atoms with E-state index in [0.29, 0.717) is 62.1 Å². The molecule has 0 radical (unpaired) electrons. The lowest BCUT2D eigenvalue weighted by atomic mass is 9.90. The molecule has 4 heterocycles. The van der Waals surface area contributed by atoms with E-state index in [1.165, 1.54) is 17.8 Å². The lowest BCUT2D eigenvalue weighted by Gasteiger charge is -2.35. The fourth-order valence-electron chi connectivity index (χ4n) is 6.03. The molecule has 2 fully saturated rings. The number of nitrogens with zero attached hydrogens (tertiary/aromatic N) is 5. The summed E-state index contributed by atoms with van der Waals surface area (Å²) in [6.45, 7) is 3.08. The number of piperazine rings is 1. The van der Waals surface area contributed by atoms with Crippen LogP contribution in [0, 0.1) is 5.82 Å². The van der Waals surface area contributed by atoms with E-state index in [1.807, 2.05) is 28.0 Å². The molecule has 4 aromatic rings. The molecule has 2 saturated heterocycles. The summed E-state index contributed by atoms with van der Waals surface area (Å²) in [5.74, 6) is -0.207. The van der Waals surface area contributed by atoms with Gasteiger partial charge in [-0.25, -0.2) is 14.4 Å². The highest BCUT2D eigenvalue weighted by molar-refractivity contribution is 7.17. The van der Waals surface area contributed by atoms with Crippen molar-refractivity contribution >= 4 is 34.0 Å². The minimum Gasteiger partial charge on any atom is -0.353 e. The molecular formula is C34H33F4N5O2S. The Morgan fingerprint density at radius 1 is 0.826 bits per heavy atom. The second-order valence-corrected chi connectivity index (χ2v) is 12.6. The number of pyridine rings is 1. The van der Waals surface area contributed by atoms with Gasteiger partial charge in [0.25, 0.3) is 0 Å². The second kappa shape index (κ2) is 13.6. The van der Waals surface area contributed by atoms with Crippen molar-refractivity contribution in [1.82, 2.24) is 14.9 Å². The van der Waals surface area contributed by atoms with Crippen LogP contribution in [0.4, 0.5) is 28.5 Å². The van der Waals surface area contributed by atoms with Gasteiger partial charge in [0.05, 0.1) is 6.42 Å². The van der Waals surface area contributed by atoms with Gasteiger partial charge < -0.3 is 14.7 Å². The molecule has 0 unspecified atom stereocenters. The smallest absolute Gasteiger partial charge is 0.353 e. The number of ketones is 1. The number of benzene rings is 2. The van der Waals surface area contributed by atoms with Gasteiger partial charge in [-0.1, -0.05) is 65.9 Å². The molecular weight excluding hydrogens is 618 g/mol. The number of Topliss-reactive ketones (excluding diaryl/α,β-unsaturated/α-hetero) is 1. The average molecular weight is 652 g/mol. The molecule has 2 aliphatic rings. The molecule has 7 nitrogen and oxygen atoms in total. The first-order valence-corrected chi connectivity index (χ1v) is 16.1. The quantitative estimate of drug-likeness (QED) is 0.162. The van der Waals surface area contributed by atoms with E-state index in [1.54, 1.807) is 35.2 Å². The number of thiazole rings is 1. The van der Waals surface area contributed by atoms with Gasteiger partial charge in [-0.3, -0.25) is 9.59 Å². The van der Waals surface area contributed by atoms with E-state index < -0.39 is 23.5 Å². The van der Waals surface area contributed by atoms with E-state index >= 15 is 0 Å². The zero-order valence-corrected chi connectivity index (χ0v) is 25.9. The number of amides is 1. The van der Waals surface area contributed by atoms with Crippen LogP contribution in [0.5, 0.6) is 0 Å². The van der Waals surface area contributed by atoms with Crippen LogP contribution in [0.1, 0.15) is 50.8 Å². The summed E-state index contributed by atoms with van der Waals surface area (Å²) >= 11 is 0.810. The van der Waals surface area contributed by atoms with Crippen LogP contribution >= 0.6 is 11.3 Å². The molecule has 0 spiro atoms. The first-order chi connectivity index (χ1) is 22.2. The Bertz CT molecular complexity index is 1660. The molecule has 6 rings (SSSR count). The Balaban J connectivity index is 1.06. The summed E-state index contributed by atoms with van der Waals surface area (Å²) in [5, 5.41) is 0.224. The van der Waals surface area contributed by atoms with Crippen molar-refractivity contribution < 1.29 is 27.2 Å². The van der Waals surface area contributed by atoms with E-state index in [2.05, 4.69) is 22.1 Å². The van der Waals surface area contributed by atoms with Crippen LogP contribution < -0.4 is 9.80 Å². The molecule has 1 amide bonds. The molecule has 0 bridgehead atoms. The van der Waals surface area contributed by atoms with Gasteiger partial charge in [-0.05, 0) is 47.6 Å². The highest BCUT2D eigenvalue weighted by Gasteiger charge is 2.40. The molecule has 2 aromatic carbocycles. The fourth-order valence-corrected chi connectivity index (χ4v) is 7.11. The summed E-state index contributed by atoms with van der Waals surface area (Å²) in [6.07, 6.45) is -1.88. The van der Waals surface area contributed by atoms with Crippen molar-refractivity contribution in [3.63, 3.8) is 0 Å². The van der Waals surface area contributed by atoms with Gasteiger partial charge in [0.2, 0.25) is 5.91 Å². The highest BCUT2D eigenvalue weighted by Crippen LogP contribution is 2.40. The highest BCUT2D eigenvalue weighted by atomic mass is 32.1. The van der Waals surface area contributed by atoms with Crippen LogP contribution in [0.25, 0.3) is 0 Å². The number of carbonyl (C=O) groups is 2. The van der Waals surface area contributed by atoms with Gasteiger partial charge in [-0.2, -0.15) is 13.2 Å². The predicted molar refractivity (Wildman–Crippen MR) is 169 cm³/mol. The molecule has 12 heteroatoms. The van der Waals surface area contributed by atoms with E-state index in [9.17, 15) is 27.2 Å². The summed E-state index contributed by atoms with van der Waals surface area (Å²) in [6, 6.07) is 19.7. The maximum atomic E-state index is 14.0. The topological polar surface area (TPSA) is 69.6 Å². The minimum absolute atomic E-state index is 0.00227. The third-order valence-corrected chi connectivity index (χ3v) is 9.76. The Morgan fingerprint density at radius 3 is 2.17 bits per heavy atom. The number of anilines is 2. The van der Waals surface area contributed by atoms with Crippen molar-refractivity contribution in [3.8, 4) is 0 Å². The number of piperidine rings is 1. The van der Waals surface area contributed by atoms with Crippen LogP contribution in [-0.2, 0) is 23.8 Å². The molecule has 0 N–H and O–H groups in total. The Kier molecular flexibility index (Phi) is 9.34. The maximum Gasteiger partial charge on any atom is 0.435 e. The fraction of sp³-hybridized carbons (Fsp3) is 0.353. The summed E-state index contributed by atoms with van der Waals surface area (Å²) in [4.78, 5) is 39.4. The van der Waals surface area contributed by atoms with E-state index in [-0.39, 0.29) is 28.8 Å². The lowest BCUT2D eigenvalue weighted by molar-refractivity contribution is -0.141. The number of halogens is 4. The van der Waals surface area contributed by atoms with Crippen molar-refractivity contribution in [2.45, 2.75) is 37.8 Å². The molecule has 46 heavy (non-hydrogen) atoms. The summed E-state index contributed by atoms with van der Waals surface area (Å²) in [7, 11) is 0. The number of rotatable bonds is 8. The number of hydrogen-bond donors (Lipinski definition) is 0. The second-order valence-electron chi connectivity index (χ2n) is 11.6. The molecule has 0 atom stereocenters. The van der Waals surface area contributed by atoms with Gasteiger partial charge in [0, 0.05) is 51.9 Å². The van der Waals surface area contributed by atoms with E-state index in [4.69, 9.17) is 0 Å². The zero-order valence-electron chi connectivity index (χ0n) is 25.0. The number of alkyl halides is 3. The Hall–Kier alpha value is -4.32. The van der Waals surface area contributed by atoms with Gasteiger partial charge in [0.1, 0.15) is 16.5 Å². The third kappa shape index (κ3) is 7.22. The van der Waals surface area contributed by atoms with Crippen LogP contribution in [0.3, 0.4) is 0 Å². The van der Waals surface area contributed by atoms with Crippen LogP contribution in [0.2, 0.25) is 0 Å². The number of aromatic nitrogens is 2. The molecule has 2 aliphatic heterocycles. The van der Waals surface area contributed by atoms with Crippen molar-refractivity contribution in [3.05, 3.63) is 106 Å². The predicted octanol–water partition coefficient (Wildman–Crippen LogP) is 6.40. The zero-order chi connectivity index (χ0) is 32.3. The number of hydrogen-bond acceptors (Lipinski definition) is 7. The van der Waals surface area contributed by atoms with Crippen LogP contribution in [-0.4, -0.2) is 65.8 Å². The van der Waals surface area contributed by atoms with Crippen LogP contribution in [0.15, 0.2) is 72.9 Å². The Morgan fingerprint density at radius 2 is 1.52 bits per heavy atom. The summed E-state index contributed by atoms with van der Waals surface area (Å²) < 4.78 is 55.9. The maximum absolute atomic E-state index is 14.0.